The van der Waals surface area contributed by atoms with Crippen LogP contribution in [-0.2, 0) is 28.6 Å². The first-order valence-electron chi connectivity index (χ1n) is 33.1. The molecule has 0 aromatic heterocycles. The van der Waals surface area contributed by atoms with Crippen molar-refractivity contribution >= 4 is 17.9 Å². The lowest BCUT2D eigenvalue weighted by molar-refractivity contribution is -0.167. The second-order valence-corrected chi connectivity index (χ2v) is 22.0. The lowest BCUT2D eigenvalue weighted by Crippen LogP contribution is -2.30. The highest BCUT2D eigenvalue weighted by Crippen LogP contribution is 2.16. The minimum absolute atomic E-state index is 0.0860. The van der Waals surface area contributed by atoms with Gasteiger partial charge < -0.3 is 14.2 Å². The number of esters is 3. The van der Waals surface area contributed by atoms with Crippen LogP contribution in [0.2, 0.25) is 0 Å². The number of unbranched alkanes of at least 4 members (excludes halogenated alkanes) is 35. The summed E-state index contributed by atoms with van der Waals surface area (Å²) in [5.41, 5.74) is 0. The van der Waals surface area contributed by atoms with E-state index in [4.69, 9.17) is 14.2 Å². The highest BCUT2D eigenvalue weighted by atomic mass is 16.6. The predicted molar refractivity (Wildman–Crippen MR) is 334 cm³/mol. The molecule has 0 saturated heterocycles. The van der Waals surface area contributed by atoms with Crippen molar-refractivity contribution in [2.45, 2.75) is 335 Å². The maximum atomic E-state index is 12.9. The van der Waals surface area contributed by atoms with Crippen LogP contribution in [0.25, 0.3) is 0 Å². The van der Waals surface area contributed by atoms with E-state index in [0.29, 0.717) is 19.3 Å². The number of hydrogen-bond donors (Lipinski definition) is 0. The Kier molecular flexibility index (Phi) is 62.2. The van der Waals surface area contributed by atoms with Gasteiger partial charge in [0.15, 0.2) is 6.10 Å². The van der Waals surface area contributed by atoms with Crippen LogP contribution in [0.1, 0.15) is 329 Å². The summed E-state index contributed by atoms with van der Waals surface area (Å²) in [6.07, 6.45) is 85.8. The Balaban J connectivity index is 4.39. The standard InChI is InChI=1S/C71H124O6/c1-4-7-10-13-16-19-22-25-28-30-32-34-35-37-38-40-43-46-49-52-55-58-61-64-70(73)76-67-68(66-75-69(72)63-60-57-54-51-48-45-42-27-24-21-18-15-12-9-6-3)77-71(74)65-62-59-56-53-50-47-44-41-39-36-33-31-29-26-23-20-17-14-11-8-5-2/h18,21-23,25-27,30-33,35,37,42,68H,4-17,19-20,24,28-29,34,36,38-41,43-67H2,1-3H3/b21-18-,25-22-,26-23-,32-30-,33-31-,37-35-,42-27-. The topological polar surface area (TPSA) is 78.9 Å². The molecule has 0 bridgehead atoms. The Morgan fingerprint density at radius 3 is 0.753 bits per heavy atom. The molecule has 0 spiro atoms. The van der Waals surface area contributed by atoms with Crippen molar-refractivity contribution in [2.24, 2.45) is 0 Å². The second kappa shape index (κ2) is 65.1. The van der Waals surface area contributed by atoms with Crippen molar-refractivity contribution in [3.8, 4) is 0 Å². The average Bonchev–Trinajstić information content (AvgIpc) is 3.43. The smallest absolute Gasteiger partial charge is 0.306 e. The maximum absolute atomic E-state index is 12.9. The molecule has 0 aromatic rings. The fourth-order valence-electron chi connectivity index (χ4n) is 9.33. The van der Waals surface area contributed by atoms with E-state index in [-0.39, 0.29) is 31.1 Å². The second-order valence-electron chi connectivity index (χ2n) is 22.0. The highest BCUT2D eigenvalue weighted by molar-refractivity contribution is 5.71. The maximum Gasteiger partial charge on any atom is 0.306 e. The van der Waals surface area contributed by atoms with E-state index in [1.54, 1.807) is 0 Å². The molecule has 6 nitrogen and oxygen atoms in total. The van der Waals surface area contributed by atoms with Crippen LogP contribution < -0.4 is 0 Å². The van der Waals surface area contributed by atoms with E-state index in [1.165, 1.54) is 186 Å². The Labute approximate surface area is 477 Å². The van der Waals surface area contributed by atoms with Crippen LogP contribution in [0.15, 0.2) is 85.1 Å². The monoisotopic (exact) mass is 1070 g/mol. The zero-order chi connectivity index (χ0) is 55.7. The summed E-state index contributed by atoms with van der Waals surface area (Å²) in [6.45, 7) is 6.60. The van der Waals surface area contributed by atoms with Gasteiger partial charge in [0.2, 0.25) is 0 Å². The van der Waals surface area contributed by atoms with Crippen molar-refractivity contribution in [1.29, 1.82) is 0 Å². The van der Waals surface area contributed by atoms with Gasteiger partial charge in [0, 0.05) is 19.3 Å². The molecule has 0 fully saturated rings. The Morgan fingerprint density at radius 1 is 0.260 bits per heavy atom. The summed E-state index contributed by atoms with van der Waals surface area (Å²) in [5.74, 6) is -0.898. The van der Waals surface area contributed by atoms with Crippen molar-refractivity contribution in [3.05, 3.63) is 85.1 Å². The quantitative estimate of drug-likeness (QED) is 0.0261. The Hall–Kier alpha value is -3.41. The van der Waals surface area contributed by atoms with Crippen LogP contribution >= 0.6 is 0 Å². The molecule has 1 unspecified atom stereocenters. The van der Waals surface area contributed by atoms with E-state index in [1.807, 2.05) is 0 Å². The van der Waals surface area contributed by atoms with Gasteiger partial charge in [0.05, 0.1) is 0 Å². The molecule has 0 aliphatic heterocycles. The number of ether oxygens (including phenoxy) is 3. The summed E-state index contributed by atoms with van der Waals surface area (Å²) >= 11 is 0. The average molecular weight is 1070 g/mol. The summed E-state index contributed by atoms with van der Waals surface area (Å²) in [6, 6.07) is 0. The molecule has 0 radical (unpaired) electrons. The fourth-order valence-corrected chi connectivity index (χ4v) is 9.33. The first-order chi connectivity index (χ1) is 38.0. The van der Waals surface area contributed by atoms with Gasteiger partial charge in [0.1, 0.15) is 13.2 Å². The third kappa shape index (κ3) is 63.3. The van der Waals surface area contributed by atoms with E-state index in [0.717, 1.165) is 103 Å². The zero-order valence-electron chi connectivity index (χ0n) is 51.0. The molecule has 0 saturated carbocycles. The largest absolute Gasteiger partial charge is 0.462 e. The van der Waals surface area contributed by atoms with Gasteiger partial charge in [-0.3, -0.25) is 14.4 Å². The van der Waals surface area contributed by atoms with Crippen molar-refractivity contribution in [3.63, 3.8) is 0 Å². The molecule has 0 aromatic carbocycles. The van der Waals surface area contributed by atoms with Crippen LogP contribution in [0.4, 0.5) is 0 Å². The molecule has 0 rings (SSSR count). The summed E-state index contributed by atoms with van der Waals surface area (Å²) in [7, 11) is 0. The zero-order valence-corrected chi connectivity index (χ0v) is 51.0. The SMILES string of the molecule is CCCCC/C=C\C/C=C\CCCCCCCC(=O)OCC(COC(=O)CCCCCCCCCC/C=C\C/C=C\C/C=C\CCCCCCC)OC(=O)CCCCCCCCCCC/C=C\C/C=C\CCCCCCC. The minimum atomic E-state index is -0.790. The lowest BCUT2D eigenvalue weighted by atomic mass is 10.1. The van der Waals surface area contributed by atoms with Crippen molar-refractivity contribution in [1.82, 2.24) is 0 Å². The van der Waals surface area contributed by atoms with Gasteiger partial charge in [-0.05, 0) is 122 Å². The van der Waals surface area contributed by atoms with E-state index < -0.39 is 6.10 Å². The van der Waals surface area contributed by atoms with Crippen LogP contribution in [-0.4, -0.2) is 37.2 Å². The Bertz CT molecular complexity index is 1470. The molecule has 0 N–H and O–H groups in total. The van der Waals surface area contributed by atoms with Gasteiger partial charge in [-0.15, -0.1) is 0 Å². The van der Waals surface area contributed by atoms with Crippen molar-refractivity contribution in [2.75, 3.05) is 13.2 Å². The van der Waals surface area contributed by atoms with Crippen LogP contribution in [0, 0.1) is 0 Å². The molecule has 0 heterocycles. The highest BCUT2D eigenvalue weighted by Gasteiger charge is 2.19. The summed E-state index contributed by atoms with van der Waals surface area (Å²) in [4.78, 5) is 38.4. The summed E-state index contributed by atoms with van der Waals surface area (Å²) in [5, 5.41) is 0. The van der Waals surface area contributed by atoms with Gasteiger partial charge in [0.25, 0.3) is 0 Å². The van der Waals surface area contributed by atoms with E-state index >= 15 is 0 Å². The van der Waals surface area contributed by atoms with Gasteiger partial charge in [-0.2, -0.15) is 0 Å². The van der Waals surface area contributed by atoms with Crippen LogP contribution in [0.3, 0.4) is 0 Å². The molecule has 0 amide bonds. The third-order valence-corrected chi connectivity index (χ3v) is 14.3. The number of carbonyl (C=O) groups excluding carboxylic acids is 3. The first-order valence-corrected chi connectivity index (χ1v) is 33.1. The number of hydrogen-bond acceptors (Lipinski definition) is 6. The van der Waals surface area contributed by atoms with Gasteiger partial charge in [-0.25, -0.2) is 0 Å². The first kappa shape index (κ1) is 73.6. The molecular formula is C71H124O6. The number of carbonyl (C=O) groups is 3. The van der Waals surface area contributed by atoms with Gasteiger partial charge >= 0.3 is 17.9 Å². The van der Waals surface area contributed by atoms with Crippen molar-refractivity contribution < 1.29 is 28.6 Å². The molecule has 444 valence electrons. The molecule has 6 heteroatoms. The molecular weight excluding hydrogens is 949 g/mol. The minimum Gasteiger partial charge on any atom is -0.462 e. The molecule has 1 atom stereocenters. The number of allylic oxidation sites excluding steroid dienone is 14. The number of rotatable bonds is 60. The van der Waals surface area contributed by atoms with E-state index in [9.17, 15) is 14.4 Å². The molecule has 0 aliphatic carbocycles. The Morgan fingerprint density at radius 2 is 0.468 bits per heavy atom. The molecule has 77 heavy (non-hydrogen) atoms. The van der Waals surface area contributed by atoms with Crippen LogP contribution in [0.5, 0.6) is 0 Å². The predicted octanol–water partition coefficient (Wildman–Crippen LogP) is 22.7. The third-order valence-electron chi connectivity index (χ3n) is 14.3. The lowest BCUT2D eigenvalue weighted by Gasteiger charge is -2.18. The van der Waals surface area contributed by atoms with E-state index in [2.05, 4.69) is 106 Å². The normalized spacial score (nSPS) is 12.6. The summed E-state index contributed by atoms with van der Waals surface area (Å²) < 4.78 is 16.9. The van der Waals surface area contributed by atoms with Gasteiger partial charge in [-0.1, -0.05) is 273 Å². The molecule has 0 aliphatic rings. The fraction of sp³-hybridized carbons (Fsp3) is 0.761.